The van der Waals surface area contributed by atoms with Gasteiger partial charge < -0.3 is 10.1 Å². The van der Waals surface area contributed by atoms with Gasteiger partial charge in [0.15, 0.2) is 5.90 Å². The Bertz CT molecular complexity index is 934. The highest BCUT2D eigenvalue weighted by molar-refractivity contribution is 7.76. The second-order valence-electron chi connectivity index (χ2n) is 9.33. The summed E-state index contributed by atoms with van der Waals surface area (Å²) in [6.07, 6.45) is 5.63. The predicted molar refractivity (Wildman–Crippen MR) is 134 cm³/mol. The zero-order valence-electron chi connectivity index (χ0n) is 19.0. The van der Waals surface area contributed by atoms with Gasteiger partial charge in [0.05, 0.1) is 12.6 Å². The van der Waals surface area contributed by atoms with Crippen LogP contribution in [0.25, 0.3) is 0 Å². The summed E-state index contributed by atoms with van der Waals surface area (Å²) in [6.45, 7) is 10.3. The van der Waals surface area contributed by atoms with E-state index in [1.54, 1.807) is 0 Å². The smallest absolute Gasteiger partial charge is 0.198 e. The predicted octanol–water partition coefficient (Wildman–Crippen LogP) is 5.15. The summed E-state index contributed by atoms with van der Waals surface area (Å²) in [4.78, 5) is 4.81. The maximum atomic E-state index is 5.88. The number of ether oxygens (including phenoxy) is 1. The molecule has 2 aliphatic rings. The van der Waals surface area contributed by atoms with E-state index in [0.29, 0.717) is 13.2 Å². The molecule has 0 bridgehead atoms. The Hall–Kier alpha value is -2.22. The van der Waals surface area contributed by atoms with Gasteiger partial charge in [-0.05, 0) is 48.2 Å². The fourth-order valence-corrected chi connectivity index (χ4v) is 6.73. The molecule has 162 valence electrons. The van der Waals surface area contributed by atoms with E-state index in [0.717, 1.165) is 12.3 Å². The molecule has 3 nitrogen and oxygen atoms in total. The molecule has 1 aliphatic heterocycles. The lowest BCUT2D eigenvalue weighted by atomic mass is 9.88. The van der Waals surface area contributed by atoms with Gasteiger partial charge in [-0.1, -0.05) is 93.6 Å². The molecule has 4 rings (SSSR count). The first kappa shape index (κ1) is 22.0. The van der Waals surface area contributed by atoms with Crippen molar-refractivity contribution < 1.29 is 4.74 Å². The topological polar surface area (TPSA) is 33.6 Å². The molecule has 0 spiro atoms. The van der Waals surface area contributed by atoms with Crippen molar-refractivity contribution in [3.05, 3.63) is 83.7 Å². The van der Waals surface area contributed by atoms with Gasteiger partial charge >= 0.3 is 0 Å². The van der Waals surface area contributed by atoms with Gasteiger partial charge in [0.2, 0.25) is 0 Å². The number of benzene rings is 2. The minimum Gasteiger partial charge on any atom is -0.478 e. The Morgan fingerprint density at radius 2 is 1.65 bits per heavy atom. The summed E-state index contributed by atoms with van der Waals surface area (Å²) in [5, 5.41) is 8.02. The van der Waals surface area contributed by atoms with Crippen molar-refractivity contribution in [3.8, 4) is 0 Å². The number of rotatable bonds is 7. The Morgan fingerprint density at radius 1 is 1.03 bits per heavy atom. The number of hydrogen-bond acceptors (Lipinski definition) is 3. The van der Waals surface area contributed by atoms with Crippen molar-refractivity contribution in [3.63, 3.8) is 0 Å². The minimum absolute atomic E-state index is 0.137. The van der Waals surface area contributed by atoms with Gasteiger partial charge in [-0.25, -0.2) is 4.99 Å². The Labute approximate surface area is 188 Å². The molecule has 1 N–H and O–H groups in total. The second kappa shape index (κ2) is 9.51. The van der Waals surface area contributed by atoms with Crippen LogP contribution in [0, 0.1) is 5.41 Å². The van der Waals surface area contributed by atoms with Gasteiger partial charge in [-0.3, -0.25) is 0 Å². The first-order valence-electron chi connectivity index (χ1n) is 11.2. The average Bonchev–Trinajstić information content (AvgIpc) is 3.44. The number of aliphatic imine (C=N–C) groups is 1. The van der Waals surface area contributed by atoms with Crippen LogP contribution in [-0.4, -0.2) is 31.1 Å². The lowest BCUT2D eigenvalue weighted by Gasteiger charge is -2.24. The molecule has 1 unspecified atom stereocenters. The van der Waals surface area contributed by atoms with E-state index < -0.39 is 7.92 Å². The summed E-state index contributed by atoms with van der Waals surface area (Å²) in [6, 6.07) is 22.4. The highest BCUT2D eigenvalue weighted by Gasteiger charge is 2.30. The summed E-state index contributed by atoms with van der Waals surface area (Å²) in [5.74, 6) is 0.837. The highest BCUT2D eigenvalue weighted by Crippen LogP contribution is 2.49. The molecule has 4 heteroatoms. The fraction of sp³-hybridized carbons (Fsp3) is 0.370. The maximum Gasteiger partial charge on any atom is 0.198 e. The number of allylic oxidation sites excluding steroid dienone is 2. The van der Waals surface area contributed by atoms with E-state index in [9.17, 15) is 0 Å². The number of nitrogens with one attached hydrogen (secondary N) is 1. The molecule has 0 fully saturated rings. The van der Waals surface area contributed by atoms with E-state index in [1.807, 2.05) is 0 Å². The molecular formula is C27H33N2OP. The molecule has 0 radical (unpaired) electrons. The molecule has 2 atom stereocenters. The third-order valence-electron chi connectivity index (χ3n) is 5.97. The molecular weight excluding hydrogens is 399 g/mol. The van der Waals surface area contributed by atoms with Crippen LogP contribution in [-0.2, 0) is 4.74 Å². The van der Waals surface area contributed by atoms with Crippen LogP contribution >= 0.6 is 7.92 Å². The Morgan fingerprint density at radius 3 is 2.19 bits per heavy atom. The van der Waals surface area contributed by atoms with Crippen LogP contribution in [0.4, 0.5) is 0 Å². The molecule has 1 heterocycles. The average molecular weight is 433 g/mol. The van der Waals surface area contributed by atoms with Crippen molar-refractivity contribution in [1.82, 2.24) is 5.32 Å². The van der Waals surface area contributed by atoms with E-state index in [4.69, 9.17) is 9.73 Å². The van der Waals surface area contributed by atoms with E-state index >= 15 is 0 Å². The van der Waals surface area contributed by atoms with E-state index in [-0.39, 0.29) is 17.5 Å². The largest absolute Gasteiger partial charge is 0.478 e. The SMILES string of the molecule is C[C@H](NCC1=NC(C(C)(C)C)CO1)C1=C(P(c2ccccc2)c2ccccc2)CC=C1. The molecule has 0 saturated heterocycles. The normalized spacial score (nSPS) is 19.6. The van der Waals surface area contributed by atoms with Gasteiger partial charge in [0.1, 0.15) is 6.61 Å². The zero-order chi connectivity index (χ0) is 21.8. The van der Waals surface area contributed by atoms with Crippen molar-refractivity contribution in [2.75, 3.05) is 13.2 Å². The summed E-state index contributed by atoms with van der Waals surface area (Å²) >= 11 is 0. The third-order valence-corrected chi connectivity index (χ3v) is 8.58. The second-order valence-corrected chi connectivity index (χ2v) is 11.6. The van der Waals surface area contributed by atoms with Crippen LogP contribution in [0.3, 0.4) is 0 Å². The first-order valence-corrected chi connectivity index (χ1v) is 12.5. The first-order chi connectivity index (χ1) is 14.9. The number of nitrogens with zero attached hydrogens (tertiary/aromatic N) is 1. The van der Waals surface area contributed by atoms with Crippen LogP contribution in [0.2, 0.25) is 0 Å². The van der Waals surface area contributed by atoms with Crippen molar-refractivity contribution in [2.45, 2.75) is 46.2 Å². The van der Waals surface area contributed by atoms with Crippen LogP contribution < -0.4 is 15.9 Å². The molecule has 0 saturated carbocycles. The van der Waals surface area contributed by atoms with Crippen molar-refractivity contribution in [2.24, 2.45) is 10.4 Å². The highest BCUT2D eigenvalue weighted by atomic mass is 31.1. The van der Waals surface area contributed by atoms with Gasteiger partial charge in [0.25, 0.3) is 0 Å². The van der Waals surface area contributed by atoms with Gasteiger partial charge in [-0.2, -0.15) is 0 Å². The monoisotopic (exact) mass is 432 g/mol. The lowest BCUT2D eigenvalue weighted by Crippen LogP contribution is -2.33. The van der Waals surface area contributed by atoms with Crippen molar-refractivity contribution in [1.29, 1.82) is 0 Å². The minimum atomic E-state index is -0.552. The maximum absolute atomic E-state index is 5.88. The summed E-state index contributed by atoms with van der Waals surface area (Å²) in [5.41, 5.74) is 1.54. The third kappa shape index (κ3) is 5.17. The fourth-order valence-electron chi connectivity index (χ4n) is 4.06. The summed E-state index contributed by atoms with van der Waals surface area (Å²) < 4.78 is 5.88. The standard InChI is InChI=1S/C27H33N2OP/c1-20(28-18-26-29-25(19-30-26)27(2,3)4)23-16-11-17-24(23)31(21-12-7-5-8-13-21)22-14-9-6-10-15-22/h5-16,20,25,28H,17-19H2,1-4H3/t20-,25?/m0/s1. The lowest BCUT2D eigenvalue weighted by molar-refractivity contribution is 0.233. The Kier molecular flexibility index (Phi) is 6.74. The van der Waals surface area contributed by atoms with Crippen LogP contribution in [0.15, 0.2) is 88.7 Å². The van der Waals surface area contributed by atoms with Crippen LogP contribution in [0.5, 0.6) is 0 Å². The van der Waals surface area contributed by atoms with Crippen molar-refractivity contribution >= 4 is 24.4 Å². The quantitative estimate of drug-likeness (QED) is 0.614. The van der Waals surface area contributed by atoms with Crippen LogP contribution in [0.1, 0.15) is 34.1 Å². The molecule has 2 aromatic rings. The molecule has 0 amide bonds. The zero-order valence-corrected chi connectivity index (χ0v) is 19.9. The van der Waals surface area contributed by atoms with E-state index in [2.05, 4.69) is 106 Å². The number of hydrogen-bond donors (Lipinski definition) is 1. The summed E-state index contributed by atoms with van der Waals surface area (Å²) in [7, 11) is -0.552. The molecule has 1 aliphatic carbocycles. The Balaban J connectivity index is 1.56. The van der Waals surface area contributed by atoms with Gasteiger partial charge in [-0.15, -0.1) is 0 Å². The molecule has 2 aromatic carbocycles. The van der Waals surface area contributed by atoms with E-state index in [1.165, 1.54) is 21.5 Å². The molecule has 31 heavy (non-hydrogen) atoms. The van der Waals surface area contributed by atoms with Gasteiger partial charge in [0, 0.05) is 6.04 Å². The molecule has 0 aromatic heterocycles.